The first kappa shape index (κ1) is 22.5. The highest BCUT2D eigenvalue weighted by Gasteiger charge is 2.51. The lowest BCUT2D eigenvalue weighted by atomic mass is 10.0. The van der Waals surface area contributed by atoms with Crippen molar-refractivity contribution in [2.45, 2.75) is 20.5 Å². The smallest absolute Gasteiger partial charge is 0.229 e. The number of hydrogen-bond donors (Lipinski definition) is 1. The number of carbonyl (C=O) groups is 1. The number of nitrogens with one attached hydrogen (secondary N) is 1. The van der Waals surface area contributed by atoms with Crippen molar-refractivity contribution in [1.29, 1.82) is 0 Å². The molecule has 5 rings (SSSR count). The van der Waals surface area contributed by atoms with Gasteiger partial charge in [-0.05, 0) is 65.1 Å². The van der Waals surface area contributed by atoms with Gasteiger partial charge in [-0.1, -0.05) is 48.9 Å². The predicted octanol–water partition coefficient (Wildman–Crippen LogP) is 6.30. The average Bonchev–Trinajstić information content (AvgIpc) is 3.49. The minimum Gasteiger partial charge on any atom is -0.376 e. The zero-order valence-corrected chi connectivity index (χ0v) is 19.9. The maximum absolute atomic E-state index is 12.9. The van der Waals surface area contributed by atoms with Crippen molar-refractivity contribution in [2.24, 2.45) is 17.8 Å². The van der Waals surface area contributed by atoms with Crippen LogP contribution in [0.15, 0.2) is 73.2 Å². The van der Waals surface area contributed by atoms with Crippen molar-refractivity contribution >= 4 is 34.1 Å². The van der Waals surface area contributed by atoms with Gasteiger partial charge in [0.25, 0.3) is 0 Å². The first-order valence-corrected chi connectivity index (χ1v) is 11.8. The van der Waals surface area contributed by atoms with Gasteiger partial charge in [0, 0.05) is 35.5 Å². The van der Waals surface area contributed by atoms with E-state index < -0.39 is 0 Å². The summed E-state index contributed by atoms with van der Waals surface area (Å²) in [5.74, 6) is 0.945. The fourth-order valence-corrected chi connectivity index (χ4v) is 4.81. The van der Waals surface area contributed by atoms with Crippen LogP contribution in [0.4, 0.5) is 5.82 Å². The van der Waals surface area contributed by atoms with E-state index in [-0.39, 0.29) is 23.7 Å². The molecule has 2 aromatic carbocycles. The van der Waals surface area contributed by atoms with Crippen LogP contribution < -0.4 is 5.32 Å². The summed E-state index contributed by atoms with van der Waals surface area (Å²) in [5.41, 5.74) is 4.27. The van der Waals surface area contributed by atoms with Crippen LogP contribution in [0.25, 0.3) is 21.9 Å². The van der Waals surface area contributed by atoms with Gasteiger partial charge in [0.2, 0.25) is 5.91 Å². The minimum atomic E-state index is -0.0683. The number of hydrogen-bond acceptors (Lipinski definition) is 4. The van der Waals surface area contributed by atoms with Crippen molar-refractivity contribution < 1.29 is 9.53 Å². The Morgan fingerprint density at radius 3 is 2.74 bits per heavy atom. The van der Waals surface area contributed by atoms with Gasteiger partial charge < -0.3 is 10.1 Å². The van der Waals surface area contributed by atoms with E-state index in [4.69, 9.17) is 16.3 Å². The second-order valence-corrected chi connectivity index (χ2v) is 9.39. The summed E-state index contributed by atoms with van der Waals surface area (Å²) in [7, 11) is 0. The third kappa shape index (κ3) is 4.67. The minimum absolute atomic E-state index is 0.0157. The van der Waals surface area contributed by atoms with Crippen LogP contribution >= 0.6 is 11.6 Å². The molecule has 0 radical (unpaired) electrons. The molecule has 0 spiro atoms. The molecule has 1 N–H and O–H groups in total. The average molecular weight is 472 g/mol. The Balaban J connectivity index is 1.27. The van der Waals surface area contributed by atoms with E-state index in [9.17, 15) is 4.79 Å². The molecule has 0 bridgehead atoms. The number of ether oxygens (including phenoxy) is 1. The molecular weight excluding hydrogens is 446 g/mol. The quantitative estimate of drug-likeness (QED) is 0.343. The Morgan fingerprint density at radius 2 is 1.94 bits per heavy atom. The largest absolute Gasteiger partial charge is 0.376 e. The van der Waals surface area contributed by atoms with Crippen LogP contribution in [0, 0.1) is 24.7 Å². The molecule has 0 aliphatic heterocycles. The molecular formula is C28H26ClN3O2. The van der Waals surface area contributed by atoms with E-state index in [1.807, 2.05) is 61.7 Å². The molecule has 4 aromatic rings. The zero-order valence-electron chi connectivity index (χ0n) is 19.2. The van der Waals surface area contributed by atoms with E-state index in [1.54, 1.807) is 12.4 Å². The summed E-state index contributed by atoms with van der Waals surface area (Å²) in [6, 6.07) is 17.9. The Kier molecular flexibility index (Phi) is 6.31. The molecule has 1 aliphatic carbocycles. The van der Waals surface area contributed by atoms with E-state index in [1.165, 1.54) is 0 Å². The van der Waals surface area contributed by atoms with Crippen LogP contribution in [-0.2, 0) is 16.1 Å². The Bertz CT molecular complexity index is 1340. The first-order valence-electron chi connectivity index (χ1n) is 11.4. The van der Waals surface area contributed by atoms with Gasteiger partial charge in [-0.3, -0.25) is 9.78 Å². The van der Waals surface area contributed by atoms with Gasteiger partial charge in [-0.2, -0.15) is 0 Å². The molecule has 2 heterocycles. The third-order valence-corrected chi connectivity index (χ3v) is 6.99. The van der Waals surface area contributed by atoms with Gasteiger partial charge in [0.15, 0.2) is 0 Å². The molecule has 1 fully saturated rings. The second-order valence-electron chi connectivity index (χ2n) is 8.98. The van der Waals surface area contributed by atoms with Crippen LogP contribution in [-0.4, -0.2) is 22.5 Å². The van der Waals surface area contributed by atoms with Crippen molar-refractivity contribution in [1.82, 2.24) is 9.97 Å². The molecule has 2 aromatic heterocycles. The molecule has 1 saturated carbocycles. The summed E-state index contributed by atoms with van der Waals surface area (Å²) in [6.45, 7) is 5.27. The lowest BCUT2D eigenvalue weighted by molar-refractivity contribution is -0.118. The third-order valence-electron chi connectivity index (χ3n) is 6.67. The molecule has 1 amide bonds. The fourth-order valence-electron chi connectivity index (χ4n) is 4.53. The fraction of sp³-hybridized carbons (Fsp3) is 0.250. The number of aryl methyl sites for hydroxylation is 1. The predicted molar refractivity (Wildman–Crippen MR) is 136 cm³/mol. The number of rotatable bonds is 7. The van der Waals surface area contributed by atoms with Crippen LogP contribution in [0.1, 0.15) is 18.1 Å². The molecule has 1 aliphatic rings. The number of carbonyl (C=O) groups excluding carboxylic acids is 1. The van der Waals surface area contributed by atoms with Crippen molar-refractivity contribution in [3.05, 3.63) is 89.3 Å². The monoisotopic (exact) mass is 471 g/mol. The SMILES string of the molecule is Cc1ccncc1-c1cc(Cl)c2cnc(NC(=O)[C@H]3C(C)[C@@H]3COCc3ccccc3)cc2c1. The molecule has 0 saturated heterocycles. The lowest BCUT2D eigenvalue weighted by Gasteiger charge is -2.10. The zero-order chi connectivity index (χ0) is 23.7. The summed E-state index contributed by atoms with van der Waals surface area (Å²) in [5, 5.41) is 5.38. The van der Waals surface area contributed by atoms with E-state index in [0.717, 1.165) is 33.0 Å². The molecule has 172 valence electrons. The molecule has 3 atom stereocenters. The molecule has 6 heteroatoms. The highest BCUT2D eigenvalue weighted by atomic mass is 35.5. The van der Waals surface area contributed by atoms with Gasteiger partial charge in [-0.25, -0.2) is 4.98 Å². The number of halogens is 1. The van der Waals surface area contributed by atoms with Crippen molar-refractivity contribution in [3.8, 4) is 11.1 Å². The first-order chi connectivity index (χ1) is 16.5. The topological polar surface area (TPSA) is 64.1 Å². The summed E-state index contributed by atoms with van der Waals surface area (Å²) >= 11 is 6.55. The normalized spacial score (nSPS) is 19.2. The maximum Gasteiger partial charge on any atom is 0.229 e. The second kappa shape index (κ2) is 9.53. The Morgan fingerprint density at radius 1 is 1.12 bits per heavy atom. The van der Waals surface area contributed by atoms with Gasteiger partial charge in [0.05, 0.1) is 18.2 Å². The summed E-state index contributed by atoms with van der Waals surface area (Å²) in [4.78, 5) is 21.6. The van der Waals surface area contributed by atoms with E-state index in [0.29, 0.717) is 24.1 Å². The molecule has 1 unspecified atom stereocenters. The number of aromatic nitrogens is 2. The van der Waals surface area contributed by atoms with Crippen LogP contribution in [0.3, 0.4) is 0 Å². The van der Waals surface area contributed by atoms with E-state index in [2.05, 4.69) is 28.3 Å². The summed E-state index contributed by atoms with van der Waals surface area (Å²) < 4.78 is 5.86. The van der Waals surface area contributed by atoms with Gasteiger partial charge in [0.1, 0.15) is 5.82 Å². The van der Waals surface area contributed by atoms with Crippen molar-refractivity contribution in [3.63, 3.8) is 0 Å². The van der Waals surface area contributed by atoms with E-state index >= 15 is 0 Å². The number of benzene rings is 2. The lowest BCUT2D eigenvalue weighted by Crippen LogP contribution is -2.17. The number of pyridine rings is 2. The van der Waals surface area contributed by atoms with Crippen molar-refractivity contribution in [2.75, 3.05) is 11.9 Å². The Hall–Kier alpha value is -3.28. The highest BCUT2D eigenvalue weighted by Crippen LogP contribution is 2.46. The number of amides is 1. The van der Waals surface area contributed by atoms with Gasteiger partial charge >= 0.3 is 0 Å². The van der Waals surface area contributed by atoms with Gasteiger partial charge in [-0.15, -0.1) is 0 Å². The molecule has 5 nitrogen and oxygen atoms in total. The maximum atomic E-state index is 12.9. The Labute approximate surface area is 204 Å². The molecule has 34 heavy (non-hydrogen) atoms. The number of nitrogens with zero attached hydrogens (tertiary/aromatic N) is 2. The highest BCUT2D eigenvalue weighted by molar-refractivity contribution is 6.36. The number of fused-ring (bicyclic) bond motifs is 1. The van der Waals surface area contributed by atoms with Crippen LogP contribution in [0.2, 0.25) is 5.02 Å². The summed E-state index contributed by atoms with van der Waals surface area (Å²) in [6.07, 6.45) is 5.33. The number of anilines is 1. The standard InChI is InChI=1S/C28H26ClN3O2/c1-17-8-9-30-13-22(17)20-10-21-12-26(31-14-23(21)25(29)11-20)32-28(33)27-18(2)24(27)16-34-15-19-6-4-3-5-7-19/h3-14,18,24,27H,15-16H2,1-2H3,(H,31,32,33)/t18?,24-,27-/m0/s1. The van der Waals surface area contributed by atoms with Crippen LogP contribution in [0.5, 0.6) is 0 Å².